The van der Waals surface area contributed by atoms with Crippen LogP contribution in [-0.4, -0.2) is 85.4 Å². The molecule has 1 amide bonds. The first kappa shape index (κ1) is 28.0. The van der Waals surface area contributed by atoms with Crippen LogP contribution in [-0.2, 0) is 35.3 Å². The smallest absolute Gasteiger partial charge is 0.419 e. The maximum Gasteiger partial charge on any atom is 0.419 e. The molecule has 0 aliphatic carbocycles. The van der Waals surface area contributed by atoms with E-state index in [-0.39, 0.29) is 34.2 Å². The normalized spacial score (nSPS) is 18.8. The molecule has 1 aromatic rings. The Labute approximate surface area is 199 Å². The fourth-order valence-corrected chi connectivity index (χ4v) is 7.63. The molecule has 33 heavy (non-hydrogen) atoms. The van der Waals surface area contributed by atoms with Gasteiger partial charge in [0.1, 0.15) is 8.42 Å². The lowest BCUT2D eigenvalue weighted by Gasteiger charge is -2.32. The number of nitrogens with one attached hydrogen (secondary N) is 2. The molecule has 2 atom stereocenters. The van der Waals surface area contributed by atoms with Gasteiger partial charge in [-0.25, -0.2) is 22.1 Å². The number of hydrogen-bond donors (Lipinski definition) is 4. The van der Waals surface area contributed by atoms with E-state index in [4.69, 9.17) is 19.9 Å². The Morgan fingerprint density at radius 3 is 2.70 bits per heavy atom. The number of hydrogen-bond acceptors (Lipinski definition) is 12. The Hall–Kier alpha value is -1.21. The van der Waals surface area contributed by atoms with E-state index >= 15 is 0 Å². The molecule has 1 aliphatic rings. The molecule has 1 aromatic heterocycles. The summed E-state index contributed by atoms with van der Waals surface area (Å²) in [6.45, 7) is 3.53. The molecule has 16 heteroatoms. The van der Waals surface area contributed by atoms with Gasteiger partial charge in [0.15, 0.2) is 11.0 Å². The zero-order chi connectivity index (χ0) is 24.4. The first-order valence-electron chi connectivity index (χ1n) is 10.2. The summed E-state index contributed by atoms with van der Waals surface area (Å²) in [7, 11) is -4.20. The number of rotatable bonds is 14. The first-order chi connectivity index (χ1) is 15.7. The minimum atomic E-state index is -3.76. The molecule has 1 aliphatic heterocycles. The summed E-state index contributed by atoms with van der Waals surface area (Å²) < 4.78 is 52.7. The molecule has 2 rings (SSSR count). The van der Waals surface area contributed by atoms with E-state index < -0.39 is 32.5 Å². The van der Waals surface area contributed by atoms with E-state index in [9.17, 15) is 17.4 Å². The van der Waals surface area contributed by atoms with Gasteiger partial charge in [-0.3, -0.25) is 15.3 Å². The van der Waals surface area contributed by atoms with Crippen LogP contribution in [0.25, 0.3) is 0 Å². The molecule has 4 N–H and O–H groups in total. The Morgan fingerprint density at radius 1 is 1.30 bits per heavy atom. The van der Waals surface area contributed by atoms with Crippen LogP contribution >= 0.6 is 11.3 Å². The molecule has 0 saturated heterocycles. The predicted molar refractivity (Wildman–Crippen MR) is 117 cm³/mol. The molecular formula is C17H30N4O9S3. The summed E-state index contributed by atoms with van der Waals surface area (Å²) in [5.41, 5.74) is 0.533. The van der Waals surface area contributed by atoms with Crippen LogP contribution in [0.4, 0.5) is 4.79 Å². The summed E-state index contributed by atoms with van der Waals surface area (Å²) in [5.74, 6) is 0. The van der Waals surface area contributed by atoms with Crippen LogP contribution < -0.4 is 10.0 Å². The summed E-state index contributed by atoms with van der Waals surface area (Å²) in [5, 5.41) is 19.6. The highest BCUT2D eigenvalue weighted by atomic mass is 32.3. The summed E-state index contributed by atoms with van der Waals surface area (Å²) in [6, 6.07) is 1.28. The summed E-state index contributed by atoms with van der Waals surface area (Å²) >= 11 is 0.863. The van der Waals surface area contributed by atoms with Gasteiger partial charge < -0.3 is 14.8 Å². The number of fused-ring (bicyclic) bond motifs is 1. The number of methoxy groups -OCH3 is 1. The summed E-state index contributed by atoms with van der Waals surface area (Å²) in [6.07, 6.45) is 0.393. The van der Waals surface area contributed by atoms with E-state index in [1.54, 1.807) is 13.2 Å². The average Bonchev–Trinajstić information content (AvgIpc) is 3.21. The molecule has 0 fully saturated rings. The van der Waals surface area contributed by atoms with Crippen molar-refractivity contribution in [2.24, 2.45) is 0 Å². The number of carbonyl (C=O) groups excluding carboxylic acids is 1. The topological polar surface area (TPSA) is 167 Å². The minimum absolute atomic E-state index is 0.00248. The lowest BCUT2D eigenvalue weighted by atomic mass is 10.1. The van der Waals surface area contributed by atoms with Gasteiger partial charge in [0, 0.05) is 38.4 Å². The standard InChI is InChI=1S/C17H30N4O9S3/c1-3-18-14-12-20(7-6-8-28-2)33(26,27)16-13(14)11-15(31-16)32(25)19-17(22)29-9-4-5-10-30-21(23)24/h11,14,18,23-24H,3-10,12H2,1-2H3,(H,19,22)/t14-,32?/m0/s1. The van der Waals surface area contributed by atoms with Crippen molar-refractivity contribution in [3.8, 4) is 0 Å². The lowest BCUT2D eigenvalue weighted by Crippen LogP contribution is -2.43. The van der Waals surface area contributed by atoms with Gasteiger partial charge in [-0.1, -0.05) is 6.92 Å². The molecule has 1 unspecified atom stereocenters. The Kier molecular flexibility index (Phi) is 11.6. The Morgan fingerprint density at radius 2 is 2.03 bits per heavy atom. The second kappa shape index (κ2) is 13.6. The maximum atomic E-state index is 13.1. The van der Waals surface area contributed by atoms with Gasteiger partial charge >= 0.3 is 6.09 Å². The maximum absolute atomic E-state index is 13.1. The number of sulfonamides is 1. The van der Waals surface area contributed by atoms with Crippen LogP contribution in [0.5, 0.6) is 0 Å². The fraction of sp³-hybridized carbons (Fsp3) is 0.706. The zero-order valence-corrected chi connectivity index (χ0v) is 20.8. The predicted octanol–water partition coefficient (Wildman–Crippen LogP) is 0.981. The van der Waals surface area contributed by atoms with Crippen molar-refractivity contribution in [1.82, 2.24) is 19.7 Å². The molecule has 0 aromatic carbocycles. The molecule has 0 saturated carbocycles. The van der Waals surface area contributed by atoms with Crippen molar-refractivity contribution < 1.29 is 42.1 Å². The number of nitrogens with zero attached hydrogens (tertiary/aromatic N) is 2. The minimum Gasteiger partial charge on any atom is -0.449 e. The van der Waals surface area contributed by atoms with Gasteiger partial charge in [-0.15, -0.1) is 11.3 Å². The highest BCUT2D eigenvalue weighted by Gasteiger charge is 2.39. The molecule has 0 radical (unpaired) electrons. The highest BCUT2D eigenvalue weighted by Crippen LogP contribution is 2.39. The Balaban J connectivity index is 2.01. The van der Waals surface area contributed by atoms with Crippen LogP contribution in [0.15, 0.2) is 14.5 Å². The second-order valence-corrected chi connectivity index (χ2v) is 11.6. The molecule has 13 nitrogen and oxygen atoms in total. The van der Waals surface area contributed by atoms with E-state index in [0.29, 0.717) is 44.5 Å². The van der Waals surface area contributed by atoms with Crippen molar-refractivity contribution in [1.29, 1.82) is 0 Å². The highest BCUT2D eigenvalue weighted by molar-refractivity contribution is 7.92. The first-order valence-corrected chi connectivity index (χ1v) is 13.6. The van der Waals surface area contributed by atoms with Crippen LogP contribution in [0.1, 0.15) is 37.8 Å². The largest absolute Gasteiger partial charge is 0.449 e. The number of unbranched alkanes of at least 4 members (excludes halogenated alkanes) is 1. The van der Waals surface area contributed by atoms with Crippen LogP contribution in [0.3, 0.4) is 0 Å². The average molecular weight is 531 g/mol. The van der Waals surface area contributed by atoms with E-state index in [0.717, 1.165) is 11.3 Å². The monoisotopic (exact) mass is 530 g/mol. The molecule has 190 valence electrons. The van der Waals surface area contributed by atoms with Gasteiger partial charge in [-0.05, 0) is 31.9 Å². The number of likely N-dealkylation sites (N-methyl/N-ethyl adjacent to an activating group) is 1. The van der Waals surface area contributed by atoms with Crippen LogP contribution in [0, 0.1) is 0 Å². The molecule has 2 heterocycles. The van der Waals surface area contributed by atoms with Crippen molar-refractivity contribution in [3.63, 3.8) is 0 Å². The summed E-state index contributed by atoms with van der Waals surface area (Å²) in [4.78, 5) is 16.3. The van der Waals surface area contributed by atoms with Gasteiger partial charge in [0.05, 0.1) is 18.6 Å². The van der Waals surface area contributed by atoms with Crippen molar-refractivity contribution in [2.45, 2.75) is 40.6 Å². The lowest BCUT2D eigenvalue weighted by molar-refractivity contribution is -0.492. The van der Waals surface area contributed by atoms with E-state index in [1.807, 2.05) is 6.92 Å². The van der Waals surface area contributed by atoms with Gasteiger partial charge in [-0.2, -0.15) is 4.31 Å². The molecule has 0 spiro atoms. The quantitative estimate of drug-likeness (QED) is 0.200. The van der Waals surface area contributed by atoms with Gasteiger partial charge in [0.2, 0.25) is 0 Å². The third-order valence-electron chi connectivity index (χ3n) is 4.58. The van der Waals surface area contributed by atoms with Crippen LogP contribution in [0.2, 0.25) is 0 Å². The number of ether oxygens (including phenoxy) is 2. The fourth-order valence-electron chi connectivity index (χ4n) is 3.11. The van der Waals surface area contributed by atoms with Crippen molar-refractivity contribution >= 4 is 38.4 Å². The third-order valence-corrected chi connectivity index (χ3v) is 9.46. The van der Waals surface area contributed by atoms with E-state index in [1.165, 1.54) is 4.31 Å². The molecule has 0 bridgehead atoms. The molecular weight excluding hydrogens is 500 g/mol. The number of thiophene rings is 1. The second-order valence-electron chi connectivity index (χ2n) is 6.93. The Bertz CT molecular complexity index is 894. The van der Waals surface area contributed by atoms with E-state index in [2.05, 4.69) is 14.9 Å². The van der Waals surface area contributed by atoms with Crippen molar-refractivity contribution in [2.75, 3.05) is 46.6 Å². The van der Waals surface area contributed by atoms with Crippen molar-refractivity contribution in [3.05, 3.63) is 11.6 Å². The zero-order valence-electron chi connectivity index (χ0n) is 18.4. The third kappa shape index (κ3) is 8.20. The number of carbonyl (C=O) groups is 1. The van der Waals surface area contributed by atoms with Gasteiger partial charge in [0.25, 0.3) is 10.0 Å². The SMILES string of the molecule is CCN[C@H]1CN(CCCOC)S(=O)(=O)c2sc(S(=O)NC(=O)OCCCCON(O)O)cc21. The number of amides is 1.